The first-order chi connectivity index (χ1) is 46.6. The average Bonchev–Trinajstić information content (AvgIpc) is 1.55. The Bertz CT molecular complexity index is 4960. The number of anilines is 6. The van der Waals surface area contributed by atoms with E-state index in [1.54, 1.807) is 0 Å². The Morgan fingerprint density at radius 1 is 0.138 bits per heavy atom. The van der Waals surface area contributed by atoms with Gasteiger partial charge >= 0.3 is 0 Å². The summed E-state index contributed by atoms with van der Waals surface area (Å²) in [6.07, 6.45) is 0. The molecule has 2 aliphatic carbocycles. The molecule has 0 atom stereocenters. The Morgan fingerprint density at radius 3 is 0.606 bits per heavy atom. The molecule has 15 aromatic rings. The van der Waals surface area contributed by atoms with Crippen LogP contribution < -0.4 is 9.80 Å². The van der Waals surface area contributed by atoms with Crippen molar-refractivity contribution in [3.05, 3.63) is 445 Å². The second-order valence-electron chi connectivity index (χ2n) is 24.3. The van der Waals surface area contributed by atoms with E-state index in [1.807, 2.05) is 0 Å². The minimum Gasteiger partial charge on any atom is -0.311 e. The van der Waals surface area contributed by atoms with E-state index >= 15 is 0 Å². The molecule has 15 aromatic carbocycles. The molecule has 0 bridgehead atoms. The van der Waals surface area contributed by atoms with Gasteiger partial charge in [0, 0.05) is 34.1 Å². The Kier molecular flexibility index (Phi) is 15.1. The number of fused-ring (bicyclic) bond motifs is 6. The van der Waals surface area contributed by atoms with Gasteiger partial charge in [0.15, 0.2) is 0 Å². The van der Waals surface area contributed by atoms with Crippen molar-refractivity contribution in [2.45, 2.75) is 10.8 Å². The van der Waals surface area contributed by atoms with Gasteiger partial charge in [-0.25, -0.2) is 0 Å². The molecule has 2 nitrogen and oxygen atoms in total. The molecule has 0 heterocycles. The number of hydrogen-bond acceptors (Lipinski definition) is 2. The van der Waals surface area contributed by atoms with Crippen LogP contribution in [0, 0.1) is 0 Å². The first kappa shape index (κ1) is 57.1. The molecule has 94 heavy (non-hydrogen) atoms. The molecular formula is C92H66N2. The van der Waals surface area contributed by atoms with Crippen LogP contribution in [-0.2, 0) is 10.8 Å². The Balaban J connectivity index is 0.000000150. The van der Waals surface area contributed by atoms with Gasteiger partial charge in [-0.15, -0.1) is 0 Å². The third kappa shape index (κ3) is 10.1. The monoisotopic (exact) mass is 1200 g/mol. The van der Waals surface area contributed by atoms with Crippen LogP contribution in [0.2, 0.25) is 0 Å². The molecule has 444 valence electrons. The summed E-state index contributed by atoms with van der Waals surface area (Å²) in [6.45, 7) is 0. The summed E-state index contributed by atoms with van der Waals surface area (Å²) in [4.78, 5) is 4.66. The van der Waals surface area contributed by atoms with E-state index in [4.69, 9.17) is 0 Å². The standard InChI is InChI=1S/C49H35N.C43H31N/c1-4-14-36(15-5-1)38-26-32-43(33-27-38)50(42-18-8-3-9-19-42)44-34-28-39(29-35-44)37-24-30-41(31-25-37)49(40-16-6-2-7-17-40)47-22-12-10-20-45(47)46-21-11-13-23-48(46)49;1-4-14-32(15-5-1)33-24-28-37(29-25-33)44(36-18-8-3-9-19-36)38-30-26-35(27-31-38)43(34-16-6-2-7-17-34)41-22-12-10-20-39(41)40-21-11-13-23-42(40)43/h1-35H;1-31H. The molecule has 0 radical (unpaired) electrons. The van der Waals surface area contributed by atoms with Gasteiger partial charge in [0.05, 0.1) is 10.8 Å². The maximum absolute atomic E-state index is 2.34. The second kappa shape index (κ2) is 24.9. The van der Waals surface area contributed by atoms with Crippen LogP contribution in [0.5, 0.6) is 0 Å². The molecule has 0 saturated carbocycles. The summed E-state index contributed by atoms with van der Waals surface area (Å²) in [5, 5.41) is 0. The van der Waals surface area contributed by atoms with E-state index in [-0.39, 0.29) is 5.41 Å². The fraction of sp³-hybridized carbons (Fsp3) is 0.0217. The highest BCUT2D eigenvalue weighted by Gasteiger charge is 2.47. The molecule has 2 heteroatoms. The van der Waals surface area contributed by atoms with Gasteiger partial charge in [0.25, 0.3) is 0 Å². The van der Waals surface area contributed by atoms with Crippen molar-refractivity contribution in [2.75, 3.05) is 9.80 Å². The minimum atomic E-state index is -0.401. The predicted octanol–water partition coefficient (Wildman–Crippen LogP) is 24.0. The van der Waals surface area contributed by atoms with Crippen molar-refractivity contribution >= 4 is 34.1 Å². The van der Waals surface area contributed by atoms with E-state index in [0.29, 0.717) is 0 Å². The largest absolute Gasteiger partial charge is 0.311 e. The maximum Gasteiger partial charge on any atom is 0.0713 e. The van der Waals surface area contributed by atoms with Gasteiger partial charge in [-0.3, -0.25) is 0 Å². The summed E-state index contributed by atoms with van der Waals surface area (Å²) in [7, 11) is 0. The Labute approximate surface area is 551 Å². The second-order valence-corrected chi connectivity index (χ2v) is 24.3. The van der Waals surface area contributed by atoms with Crippen LogP contribution in [0.1, 0.15) is 44.5 Å². The van der Waals surface area contributed by atoms with Gasteiger partial charge in [0.2, 0.25) is 0 Å². The van der Waals surface area contributed by atoms with Gasteiger partial charge in [-0.05, 0) is 173 Å². The minimum absolute atomic E-state index is 0.386. The first-order valence-electron chi connectivity index (χ1n) is 32.5. The smallest absolute Gasteiger partial charge is 0.0713 e. The predicted molar refractivity (Wildman–Crippen MR) is 393 cm³/mol. The van der Waals surface area contributed by atoms with Crippen molar-refractivity contribution in [3.8, 4) is 55.6 Å². The van der Waals surface area contributed by atoms with E-state index < -0.39 is 5.41 Å². The highest BCUT2D eigenvalue weighted by molar-refractivity contribution is 5.89. The van der Waals surface area contributed by atoms with E-state index in [1.165, 1.54) is 100 Å². The van der Waals surface area contributed by atoms with Crippen molar-refractivity contribution in [1.82, 2.24) is 0 Å². The van der Waals surface area contributed by atoms with E-state index in [0.717, 1.165) is 34.1 Å². The number of hydrogen-bond donors (Lipinski definition) is 0. The Morgan fingerprint density at radius 2 is 0.319 bits per heavy atom. The third-order valence-electron chi connectivity index (χ3n) is 19.1. The quantitative estimate of drug-likeness (QED) is 0.114. The SMILES string of the molecule is c1ccc(-c2ccc(N(c3ccccc3)c3ccc(-c4ccc(C5(c6ccccc6)c6ccccc6-c6ccccc65)cc4)cc3)cc2)cc1.c1ccc(-c2ccc(N(c3ccccc3)c3ccc(C4(c5ccccc5)c5ccccc5-c5ccccc54)cc3)cc2)cc1. The van der Waals surface area contributed by atoms with Crippen LogP contribution >= 0.6 is 0 Å². The number of rotatable bonds is 13. The summed E-state index contributed by atoms with van der Waals surface area (Å²) >= 11 is 0. The van der Waals surface area contributed by atoms with Crippen molar-refractivity contribution in [3.63, 3.8) is 0 Å². The summed E-state index contributed by atoms with van der Waals surface area (Å²) in [5.74, 6) is 0. The zero-order valence-electron chi connectivity index (χ0n) is 52.0. The van der Waals surface area contributed by atoms with Crippen LogP contribution in [-0.4, -0.2) is 0 Å². The molecule has 2 aliphatic rings. The van der Waals surface area contributed by atoms with Crippen LogP contribution in [0.25, 0.3) is 55.6 Å². The fourth-order valence-corrected chi connectivity index (χ4v) is 14.9. The van der Waals surface area contributed by atoms with Gasteiger partial charge in [-0.2, -0.15) is 0 Å². The van der Waals surface area contributed by atoms with Gasteiger partial charge in [0.1, 0.15) is 0 Å². The molecule has 0 unspecified atom stereocenters. The highest BCUT2D eigenvalue weighted by Crippen LogP contribution is 2.58. The zero-order chi connectivity index (χ0) is 62.7. The van der Waals surface area contributed by atoms with E-state index in [9.17, 15) is 0 Å². The molecule has 0 spiro atoms. The number of para-hydroxylation sites is 2. The number of benzene rings is 15. The molecule has 0 saturated heterocycles. The Hall–Kier alpha value is -12.1. The summed E-state index contributed by atoms with van der Waals surface area (Å²) < 4.78 is 0. The lowest BCUT2D eigenvalue weighted by atomic mass is 9.67. The lowest BCUT2D eigenvalue weighted by Crippen LogP contribution is -2.28. The van der Waals surface area contributed by atoms with Crippen LogP contribution in [0.3, 0.4) is 0 Å². The van der Waals surface area contributed by atoms with Crippen molar-refractivity contribution in [1.29, 1.82) is 0 Å². The molecule has 17 rings (SSSR count). The number of nitrogens with zero attached hydrogens (tertiary/aromatic N) is 2. The highest BCUT2D eigenvalue weighted by atomic mass is 15.1. The third-order valence-corrected chi connectivity index (χ3v) is 19.1. The summed E-state index contributed by atoms with van der Waals surface area (Å²) in [5.41, 5.74) is 28.9. The molecular weight excluding hydrogens is 1130 g/mol. The lowest BCUT2D eigenvalue weighted by Gasteiger charge is -2.34. The topological polar surface area (TPSA) is 6.48 Å². The van der Waals surface area contributed by atoms with Gasteiger partial charge < -0.3 is 9.80 Å². The van der Waals surface area contributed by atoms with E-state index in [2.05, 4.69) is 410 Å². The molecule has 0 amide bonds. The fourth-order valence-electron chi connectivity index (χ4n) is 14.9. The van der Waals surface area contributed by atoms with Crippen molar-refractivity contribution < 1.29 is 0 Å². The average molecular weight is 1200 g/mol. The maximum atomic E-state index is 2.34. The van der Waals surface area contributed by atoms with Crippen LogP contribution in [0.4, 0.5) is 34.1 Å². The molecule has 0 aromatic heterocycles. The molecule has 0 N–H and O–H groups in total. The van der Waals surface area contributed by atoms with Gasteiger partial charge in [-0.1, -0.05) is 328 Å². The lowest BCUT2D eigenvalue weighted by molar-refractivity contribution is 0.768. The normalized spacial score (nSPS) is 12.6. The molecule has 0 aliphatic heterocycles. The zero-order valence-corrected chi connectivity index (χ0v) is 52.0. The van der Waals surface area contributed by atoms with Crippen LogP contribution in [0.15, 0.2) is 400 Å². The first-order valence-corrected chi connectivity index (χ1v) is 32.5. The summed E-state index contributed by atoms with van der Waals surface area (Å²) in [6, 6.07) is 145. The molecule has 0 fully saturated rings. The van der Waals surface area contributed by atoms with Crippen molar-refractivity contribution in [2.24, 2.45) is 0 Å².